The van der Waals surface area contributed by atoms with Crippen LogP contribution in [0.1, 0.15) is 74.9 Å². The highest BCUT2D eigenvalue weighted by Gasteiger charge is 2.40. The molecular formula is C139H94N8. The number of para-hydroxylation sites is 6. The molecule has 3 aliphatic rings. The molecule has 0 bridgehead atoms. The van der Waals surface area contributed by atoms with Crippen molar-refractivity contribution in [3.8, 4) is 135 Å². The molecule has 0 radical (unpaired) electrons. The molecule has 0 unspecified atom stereocenters. The van der Waals surface area contributed by atoms with Crippen molar-refractivity contribution < 1.29 is 0 Å². The van der Waals surface area contributed by atoms with E-state index in [0.29, 0.717) is 5.82 Å². The zero-order valence-corrected chi connectivity index (χ0v) is 82.0. The van der Waals surface area contributed by atoms with Crippen LogP contribution < -0.4 is 0 Å². The van der Waals surface area contributed by atoms with Gasteiger partial charge in [0.1, 0.15) is 0 Å². The lowest BCUT2D eigenvalue weighted by molar-refractivity contribution is 0.660. The van der Waals surface area contributed by atoms with Crippen LogP contribution in [0.2, 0.25) is 0 Å². The highest BCUT2D eigenvalue weighted by Crippen LogP contribution is 2.55. The first-order valence-corrected chi connectivity index (χ1v) is 51.3. The molecule has 0 saturated carbocycles. The molecule has 7 aromatic heterocycles. The molecule has 147 heavy (non-hydrogen) atoms. The molecule has 0 fully saturated rings. The van der Waals surface area contributed by atoms with Gasteiger partial charge in [-0.15, -0.1) is 0 Å². The topological polar surface area (TPSA) is 55.4 Å². The Hall–Kier alpha value is -18.5. The number of hydrogen-bond acceptors (Lipinski definition) is 2. The van der Waals surface area contributed by atoms with Crippen LogP contribution in [0.4, 0.5) is 0 Å². The second-order valence-corrected chi connectivity index (χ2v) is 42.3. The minimum Gasteiger partial charge on any atom is -0.309 e. The predicted octanol–water partition coefficient (Wildman–Crippen LogP) is 36.0. The normalized spacial score (nSPS) is 13.7. The fourth-order valence-corrected chi connectivity index (χ4v) is 26.3. The zero-order chi connectivity index (χ0) is 97.3. The van der Waals surface area contributed by atoms with Gasteiger partial charge in [0.25, 0.3) is 0 Å². The second kappa shape index (κ2) is 30.8. The average Bonchev–Trinajstić information content (AvgIpc) is 1.56. The van der Waals surface area contributed by atoms with Crippen molar-refractivity contribution in [2.75, 3.05) is 0 Å². The maximum atomic E-state index is 5.75. The van der Waals surface area contributed by atoms with E-state index < -0.39 is 0 Å². The Labute approximate surface area is 849 Å². The van der Waals surface area contributed by atoms with Crippen LogP contribution in [0.3, 0.4) is 0 Å². The monoisotopic (exact) mass is 1870 g/mol. The van der Waals surface area contributed by atoms with Crippen LogP contribution in [0.5, 0.6) is 0 Å². The third-order valence-corrected chi connectivity index (χ3v) is 33.4. The van der Waals surface area contributed by atoms with Gasteiger partial charge >= 0.3 is 0 Å². The molecule has 0 spiro atoms. The summed E-state index contributed by atoms with van der Waals surface area (Å²) in [4.78, 5) is 11.5. The lowest BCUT2D eigenvalue weighted by Gasteiger charge is -2.22. The molecule has 8 heteroatoms. The molecule has 0 N–H and O–H groups in total. The quantitative estimate of drug-likeness (QED) is 0.122. The predicted molar refractivity (Wildman–Crippen MR) is 613 cm³/mol. The third kappa shape index (κ3) is 12.1. The van der Waals surface area contributed by atoms with Crippen LogP contribution >= 0.6 is 0 Å². The molecule has 28 aromatic rings. The maximum absolute atomic E-state index is 5.75. The smallest absolute Gasteiger partial charge is 0.160 e. The first kappa shape index (κ1) is 83.2. The Balaban J connectivity index is 0.523. The Morgan fingerprint density at radius 3 is 0.748 bits per heavy atom. The lowest BCUT2D eigenvalue weighted by atomic mass is 9.82. The number of hydrogen-bond donors (Lipinski definition) is 0. The fourth-order valence-electron chi connectivity index (χ4n) is 26.3. The van der Waals surface area contributed by atoms with E-state index in [2.05, 4.69) is 530 Å². The van der Waals surface area contributed by atoms with E-state index in [9.17, 15) is 0 Å². The van der Waals surface area contributed by atoms with E-state index >= 15 is 0 Å². The highest BCUT2D eigenvalue weighted by molar-refractivity contribution is 6.18. The van der Waals surface area contributed by atoms with Crippen molar-refractivity contribution in [2.45, 2.75) is 57.8 Å². The lowest BCUT2D eigenvalue weighted by Crippen LogP contribution is -2.15. The first-order chi connectivity index (χ1) is 72.1. The molecule has 690 valence electrons. The Bertz CT molecular complexity index is 10200. The third-order valence-electron chi connectivity index (χ3n) is 33.4. The molecule has 0 saturated heterocycles. The highest BCUT2D eigenvalue weighted by atomic mass is 15.0. The molecule has 0 amide bonds. The van der Waals surface area contributed by atoms with Crippen LogP contribution in [0.15, 0.2) is 461 Å². The van der Waals surface area contributed by atoms with Crippen molar-refractivity contribution in [3.05, 3.63) is 494 Å². The molecule has 0 aliphatic heterocycles. The molecular weight excluding hydrogens is 1780 g/mol. The Morgan fingerprint density at radius 2 is 0.388 bits per heavy atom. The van der Waals surface area contributed by atoms with Gasteiger partial charge in [-0.1, -0.05) is 333 Å². The Kier molecular flexibility index (Phi) is 17.4. The summed E-state index contributed by atoms with van der Waals surface area (Å²) in [6.45, 7) is 14.2. The standard InChI is InChI=1S/C139H94N8/c1-137(2)116-40-16-7-31-98(116)101-65-59-95(79-119(101)137)145-124-43-19-10-34-104(124)110-62-51-87(76-133(110)145)84-54-68-130-113(73-84)107-37-13-22-46-127(107)142(130)92-57-49-83(50-58-92)122-82-123(90-27-25-29-93(71-90)143-128-47-23-14-38-108(128)114-74-85(55-69-131(114)143)88-52-63-111-105-35-11-20-44-125(105)146(134(111)77-88)96-60-66-102-99-32-8-17-41-117(99)138(3,4)120(102)80-96)141-136(140-122)91-28-26-30-94(72-91)144-129-48-24-15-39-109(129)115-75-86(56-70-132(115)144)89-53-64-112-106-36-12-21-45-126(106)147(135(112)78-89)97-61-67-103-100-33-9-18-42-118(100)139(5,6)121(103)81-97/h7-82H,1-6H3. The number of aromatic nitrogens is 8. The summed E-state index contributed by atoms with van der Waals surface area (Å²) in [6.07, 6.45) is 0. The van der Waals surface area contributed by atoms with Gasteiger partial charge in [0, 0.05) is 132 Å². The molecule has 21 aromatic carbocycles. The molecule has 3 aliphatic carbocycles. The minimum atomic E-state index is -0.141. The SMILES string of the molecule is CC1(C)c2ccccc2-c2ccc(-n3c4ccccc4c4ccc(-c5ccc6c(c5)c5ccccc5n6-c5ccc(-c6cc(-c7cccc(-n8c9ccccc9c9cc(-c%10ccc%11c%12ccccc%12n(-c%12ccc%13c(c%12)C(C)(C)c%12ccccc%12-%13)c%11c%10)ccc98)c7)nc(-c7cccc(-n8c9ccccc9c9cc(-c%10ccc%11c%12ccccc%12n(-c%12ccc%13c(c%12)C(C)(C)c%12ccccc%12-%13)c%11c%10)ccc98)c7)n6)cc5)cc43)cc21. The van der Waals surface area contributed by atoms with E-state index in [4.69, 9.17) is 9.97 Å². The average molecular weight is 1880 g/mol. The van der Waals surface area contributed by atoms with Gasteiger partial charge in [-0.2, -0.15) is 0 Å². The van der Waals surface area contributed by atoms with E-state index in [-0.39, 0.29) is 16.2 Å². The summed E-state index contributed by atoms with van der Waals surface area (Å²) < 4.78 is 14.7. The van der Waals surface area contributed by atoms with Crippen LogP contribution in [0, 0.1) is 0 Å². The van der Waals surface area contributed by atoms with Gasteiger partial charge in [-0.25, -0.2) is 9.97 Å². The van der Waals surface area contributed by atoms with Gasteiger partial charge in [0.15, 0.2) is 5.82 Å². The molecule has 7 heterocycles. The van der Waals surface area contributed by atoms with Crippen molar-refractivity contribution in [1.82, 2.24) is 37.4 Å². The summed E-state index contributed by atoms with van der Waals surface area (Å²) >= 11 is 0. The summed E-state index contributed by atoms with van der Waals surface area (Å²) in [7, 11) is 0. The van der Waals surface area contributed by atoms with Gasteiger partial charge in [0.05, 0.1) is 77.6 Å². The Morgan fingerprint density at radius 1 is 0.143 bits per heavy atom. The van der Waals surface area contributed by atoms with Crippen LogP contribution in [0.25, 0.3) is 266 Å². The van der Waals surface area contributed by atoms with Crippen molar-refractivity contribution >= 4 is 131 Å². The molecule has 8 nitrogen and oxygen atoms in total. The van der Waals surface area contributed by atoms with E-state index in [1.165, 1.54) is 170 Å². The number of fused-ring (bicyclic) bond motifs is 27. The summed E-state index contributed by atoms with van der Waals surface area (Å²) in [5, 5.41) is 14.5. The number of rotatable bonds is 12. The minimum absolute atomic E-state index is 0.136. The van der Waals surface area contributed by atoms with Crippen molar-refractivity contribution in [3.63, 3.8) is 0 Å². The zero-order valence-electron chi connectivity index (χ0n) is 82.0. The summed E-state index contributed by atoms with van der Waals surface area (Å²) in [6, 6.07) is 173. The molecule has 0 atom stereocenters. The van der Waals surface area contributed by atoms with E-state index in [1.54, 1.807) is 0 Å². The van der Waals surface area contributed by atoms with E-state index in [0.717, 1.165) is 123 Å². The van der Waals surface area contributed by atoms with Crippen molar-refractivity contribution in [1.29, 1.82) is 0 Å². The second-order valence-electron chi connectivity index (χ2n) is 42.3. The summed E-state index contributed by atoms with van der Waals surface area (Å²) in [5.74, 6) is 0.617. The van der Waals surface area contributed by atoms with Crippen LogP contribution in [-0.4, -0.2) is 37.4 Å². The van der Waals surface area contributed by atoms with E-state index in [1.807, 2.05) is 0 Å². The largest absolute Gasteiger partial charge is 0.309 e. The van der Waals surface area contributed by atoms with Crippen molar-refractivity contribution in [2.24, 2.45) is 0 Å². The maximum Gasteiger partial charge on any atom is 0.160 e. The number of benzene rings is 21. The first-order valence-electron chi connectivity index (χ1n) is 51.3. The van der Waals surface area contributed by atoms with Gasteiger partial charge < -0.3 is 27.4 Å². The summed E-state index contributed by atoms with van der Waals surface area (Å²) in [5.41, 5.74) is 47.5. The molecule has 31 rings (SSSR count). The van der Waals surface area contributed by atoms with Crippen LogP contribution in [-0.2, 0) is 16.2 Å². The van der Waals surface area contributed by atoms with Gasteiger partial charge in [-0.3, -0.25) is 0 Å². The van der Waals surface area contributed by atoms with Gasteiger partial charge in [-0.05, 0) is 270 Å². The fraction of sp³-hybridized carbons (Fsp3) is 0.0647. The number of nitrogens with zero attached hydrogens (tertiary/aromatic N) is 8. The van der Waals surface area contributed by atoms with Gasteiger partial charge in [0.2, 0.25) is 0 Å².